The Morgan fingerprint density at radius 3 is 2.38 bits per heavy atom. The molecule has 2 amide bonds. The highest BCUT2D eigenvalue weighted by molar-refractivity contribution is 5.97. The van der Waals surface area contributed by atoms with Crippen LogP contribution in [0.4, 0.5) is 14.7 Å². The number of amides is 2. The predicted octanol–water partition coefficient (Wildman–Crippen LogP) is 3.61. The number of carbonyl (C=O) groups excluding carboxylic acids is 2. The number of hydrogen-bond acceptors (Lipinski definition) is 9. The van der Waals surface area contributed by atoms with E-state index in [2.05, 4.69) is 30.3 Å². The number of piperidine rings is 1. The van der Waals surface area contributed by atoms with Crippen LogP contribution in [0, 0.1) is 17.6 Å². The molecule has 1 aromatic carbocycles. The number of hydrogen-bond donors (Lipinski definition) is 2. The van der Waals surface area contributed by atoms with Crippen molar-refractivity contribution in [3.05, 3.63) is 47.6 Å². The molecule has 13 heteroatoms. The molecule has 2 aromatic heterocycles. The minimum Gasteiger partial charge on any atom is -0.493 e. The highest BCUT2D eigenvalue weighted by atomic mass is 19.1. The smallest absolute Gasteiger partial charge is 0.257 e. The molecular formula is C27H33F2N7O4. The van der Waals surface area contributed by atoms with E-state index < -0.39 is 35.1 Å². The summed E-state index contributed by atoms with van der Waals surface area (Å²) in [5.41, 5.74) is 4.98. The van der Waals surface area contributed by atoms with Crippen LogP contribution in [0.2, 0.25) is 0 Å². The van der Waals surface area contributed by atoms with Gasteiger partial charge in [0, 0.05) is 43.5 Å². The predicted molar refractivity (Wildman–Crippen MR) is 142 cm³/mol. The van der Waals surface area contributed by atoms with Crippen LogP contribution in [0.5, 0.6) is 5.75 Å². The highest BCUT2D eigenvalue weighted by Crippen LogP contribution is 2.26. The largest absolute Gasteiger partial charge is 0.493 e. The standard InChI is InChI=1S/C27H33F2N7O4/c1-15(2)26-34-24(35-40-26)18-13-31-27(32-14-18)36-8-6-17(7-9-36)5-4-10-39-19-11-20(28)22(21(29)12-19)25(38)33-16(3)23(30)37/h11-17H,4-10H2,1-3H3,(H2,30,37)(H,33,38)/t16-/m0/s1. The molecule has 3 aromatic rings. The zero-order valence-corrected chi connectivity index (χ0v) is 22.7. The maximum Gasteiger partial charge on any atom is 0.257 e. The van der Waals surface area contributed by atoms with Gasteiger partial charge in [0.15, 0.2) is 0 Å². The molecule has 0 saturated carbocycles. The Morgan fingerprint density at radius 1 is 1.15 bits per heavy atom. The second-order valence-corrected chi connectivity index (χ2v) is 10.2. The third-order valence-electron chi connectivity index (χ3n) is 6.77. The zero-order chi connectivity index (χ0) is 28.8. The quantitative estimate of drug-likeness (QED) is 0.337. The van der Waals surface area contributed by atoms with Gasteiger partial charge in [0.1, 0.15) is 29.0 Å². The molecule has 1 aliphatic rings. The Morgan fingerprint density at radius 2 is 1.80 bits per heavy atom. The van der Waals surface area contributed by atoms with E-state index in [4.69, 9.17) is 15.0 Å². The second kappa shape index (κ2) is 12.8. The number of halogens is 2. The molecule has 3 N–H and O–H groups in total. The molecule has 4 rings (SSSR count). The molecule has 0 radical (unpaired) electrons. The number of benzene rings is 1. The van der Waals surface area contributed by atoms with E-state index in [0.29, 0.717) is 35.6 Å². The van der Waals surface area contributed by atoms with E-state index >= 15 is 0 Å². The van der Waals surface area contributed by atoms with Crippen LogP contribution in [-0.4, -0.2) is 57.7 Å². The maximum atomic E-state index is 14.4. The van der Waals surface area contributed by atoms with Gasteiger partial charge in [0.25, 0.3) is 5.91 Å². The third-order valence-corrected chi connectivity index (χ3v) is 6.77. The zero-order valence-electron chi connectivity index (χ0n) is 22.7. The number of rotatable bonds is 11. The lowest BCUT2D eigenvalue weighted by atomic mass is 9.92. The molecule has 11 nitrogen and oxygen atoms in total. The van der Waals surface area contributed by atoms with E-state index in [0.717, 1.165) is 44.5 Å². The fourth-order valence-corrected chi connectivity index (χ4v) is 4.36. The van der Waals surface area contributed by atoms with Crippen molar-refractivity contribution in [1.29, 1.82) is 0 Å². The first kappa shape index (κ1) is 28.8. The molecule has 1 aliphatic heterocycles. The number of primary amides is 1. The van der Waals surface area contributed by atoms with Crippen LogP contribution in [0.3, 0.4) is 0 Å². The normalized spacial score (nSPS) is 14.8. The van der Waals surface area contributed by atoms with Crippen molar-refractivity contribution >= 4 is 17.8 Å². The summed E-state index contributed by atoms with van der Waals surface area (Å²) in [6.45, 7) is 7.20. The van der Waals surface area contributed by atoms with E-state index in [1.54, 1.807) is 12.4 Å². The van der Waals surface area contributed by atoms with E-state index in [1.165, 1.54) is 6.92 Å². The number of aromatic nitrogens is 4. The number of anilines is 1. The fourth-order valence-electron chi connectivity index (χ4n) is 4.36. The van der Waals surface area contributed by atoms with E-state index in [9.17, 15) is 18.4 Å². The van der Waals surface area contributed by atoms with Crippen molar-refractivity contribution in [3.63, 3.8) is 0 Å². The average molecular weight is 558 g/mol. The van der Waals surface area contributed by atoms with Crippen LogP contribution < -0.4 is 20.7 Å². The van der Waals surface area contributed by atoms with Crippen LogP contribution in [-0.2, 0) is 4.79 Å². The molecule has 0 bridgehead atoms. The lowest BCUT2D eigenvalue weighted by Gasteiger charge is -2.32. The van der Waals surface area contributed by atoms with Crippen molar-refractivity contribution in [1.82, 2.24) is 25.4 Å². The molecule has 214 valence electrons. The molecule has 0 spiro atoms. The first-order valence-corrected chi connectivity index (χ1v) is 13.2. The van der Waals surface area contributed by atoms with Crippen molar-refractivity contribution in [2.75, 3.05) is 24.6 Å². The van der Waals surface area contributed by atoms with Gasteiger partial charge >= 0.3 is 0 Å². The summed E-state index contributed by atoms with van der Waals surface area (Å²) >= 11 is 0. The minimum atomic E-state index is -1.08. The molecule has 1 atom stereocenters. The van der Waals surface area contributed by atoms with Crippen molar-refractivity contribution in [3.8, 4) is 17.1 Å². The van der Waals surface area contributed by atoms with Crippen LogP contribution in [0.1, 0.15) is 68.6 Å². The number of ether oxygens (including phenoxy) is 1. The van der Waals surface area contributed by atoms with Crippen molar-refractivity contribution in [2.24, 2.45) is 11.7 Å². The fraction of sp³-hybridized carbons (Fsp3) is 0.481. The summed E-state index contributed by atoms with van der Waals surface area (Å²) in [5, 5.41) is 6.15. The van der Waals surface area contributed by atoms with Gasteiger partial charge in [0.05, 0.1) is 12.2 Å². The molecular weight excluding hydrogens is 524 g/mol. The third kappa shape index (κ3) is 7.07. The Kier molecular flexibility index (Phi) is 9.22. The van der Waals surface area contributed by atoms with Gasteiger partial charge in [-0.2, -0.15) is 4.98 Å². The van der Waals surface area contributed by atoms with Gasteiger partial charge in [-0.15, -0.1) is 0 Å². The first-order valence-electron chi connectivity index (χ1n) is 13.2. The molecule has 1 saturated heterocycles. The van der Waals surface area contributed by atoms with Crippen molar-refractivity contribution in [2.45, 2.75) is 58.4 Å². The average Bonchev–Trinajstić information content (AvgIpc) is 3.42. The highest BCUT2D eigenvalue weighted by Gasteiger charge is 2.23. The Balaban J connectivity index is 1.20. The molecule has 40 heavy (non-hydrogen) atoms. The van der Waals surface area contributed by atoms with Gasteiger partial charge in [-0.05, 0) is 38.5 Å². The first-order chi connectivity index (χ1) is 19.1. The van der Waals surface area contributed by atoms with Crippen LogP contribution in [0.15, 0.2) is 29.0 Å². The summed E-state index contributed by atoms with van der Waals surface area (Å²) in [6.07, 6.45) is 6.94. The number of carbonyl (C=O) groups is 2. The Labute approximate surface area is 230 Å². The molecule has 3 heterocycles. The summed E-state index contributed by atoms with van der Waals surface area (Å²) in [6, 6.07) is 0.847. The van der Waals surface area contributed by atoms with Crippen molar-refractivity contribution < 1.29 is 27.6 Å². The monoisotopic (exact) mass is 557 g/mol. The Hall–Kier alpha value is -4.16. The van der Waals surface area contributed by atoms with Crippen LogP contribution in [0.25, 0.3) is 11.4 Å². The number of nitrogens with two attached hydrogens (primary N) is 1. The lowest BCUT2D eigenvalue weighted by molar-refractivity contribution is -0.119. The van der Waals surface area contributed by atoms with E-state index in [-0.39, 0.29) is 18.3 Å². The summed E-state index contributed by atoms with van der Waals surface area (Å²) in [7, 11) is 0. The topological polar surface area (TPSA) is 149 Å². The minimum absolute atomic E-state index is 0.00818. The molecule has 0 aliphatic carbocycles. The van der Waals surface area contributed by atoms with Crippen LogP contribution >= 0.6 is 0 Å². The maximum absolute atomic E-state index is 14.4. The van der Waals surface area contributed by atoms with E-state index in [1.807, 2.05) is 13.8 Å². The molecule has 0 unspecified atom stereocenters. The van der Waals surface area contributed by atoms with Gasteiger partial charge < -0.3 is 25.2 Å². The van der Waals surface area contributed by atoms with Gasteiger partial charge in [-0.3, -0.25) is 9.59 Å². The summed E-state index contributed by atoms with van der Waals surface area (Å²) < 4.78 is 39.6. The SMILES string of the molecule is CC(C)c1nc(-c2cnc(N3CCC(CCCOc4cc(F)c(C(=O)N[C@@H](C)C(N)=O)c(F)c4)CC3)nc2)no1. The number of nitrogens with zero attached hydrogens (tertiary/aromatic N) is 5. The van der Waals surface area contributed by atoms with Gasteiger partial charge in [-0.25, -0.2) is 18.7 Å². The van der Waals surface area contributed by atoms with Gasteiger partial charge in [0.2, 0.25) is 23.6 Å². The Bertz CT molecular complexity index is 1300. The molecule has 1 fully saturated rings. The lowest BCUT2D eigenvalue weighted by Crippen LogP contribution is -2.42. The summed E-state index contributed by atoms with van der Waals surface area (Å²) in [5.74, 6) is -1.72. The second-order valence-electron chi connectivity index (χ2n) is 10.2. The van der Waals surface area contributed by atoms with Gasteiger partial charge in [-0.1, -0.05) is 19.0 Å². The summed E-state index contributed by atoms with van der Waals surface area (Å²) in [4.78, 5) is 38.7. The number of nitrogens with one attached hydrogen (secondary N) is 1.